The molecule has 3 aromatic rings. The molecule has 0 radical (unpaired) electrons. The van der Waals surface area contributed by atoms with Crippen molar-refractivity contribution in [2.24, 2.45) is 0 Å². The highest BCUT2D eigenvalue weighted by Gasteiger charge is 2.15. The number of imidazole rings is 1. The fourth-order valence-electron chi connectivity index (χ4n) is 2.46. The number of hydrogen-bond donors (Lipinski definition) is 2. The highest BCUT2D eigenvalue weighted by Crippen LogP contribution is 2.21. The van der Waals surface area contributed by atoms with Gasteiger partial charge in [-0.25, -0.2) is 9.97 Å². The predicted molar refractivity (Wildman–Crippen MR) is 90.7 cm³/mol. The molecular weight excluding hydrogens is 304 g/mol. The van der Waals surface area contributed by atoms with Gasteiger partial charge in [-0.15, -0.1) is 0 Å². The number of nitrogens with one attached hydrogen (secondary N) is 1. The Morgan fingerprint density at radius 2 is 1.96 bits per heavy atom. The first-order chi connectivity index (χ1) is 11.6. The Morgan fingerprint density at radius 3 is 2.67 bits per heavy atom. The molecule has 3 rings (SSSR count). The van der Waals surface area contributed by atoms with Crippen LogP contribution in [0.1, 0.15) is 23.9 Å². The number of pyridine rings is 1. The molecule has 1 unspecified atom stereocenters. The van der Waals surface area contributed by atoms with Gasteiger partial charge < -0.3 is 10.4 Å². The van der Waals surface area contributed by atoms with E-state index in [-0.39, 0.29) is 12.3 Å². The van der Waals surface area contributed by atoms with Gasteiger partial charge in [-0.2, -0.15) is 0 Å². The van der Waals surface area contributed by atoms with Crippen LogP contribution in [0.3, 0.4) is 0 Å². The van der Waals surface area contributed by atoms with E-state index in [1.54, 1.807) is 47.4 Å². The summed E-state index contributed by atoms with van der Waals surface area (Å²) in [5.74, 6) is 1.09. The van der Waals surface area contributed by atoms with Gasteiger partial charge >= 0.3 is 0 Å². The lowest BCUT2D eigenvalue weighted by molar-refractivity contribution is -0.118. The van der Waals surface area contributed by atoms with Gasteiger partial charge in [0.15, 0.2) is 5.82 Å². The molecule has 2 aromatic heterocycles. The van der Waals surface area contributed by atoms with Crippen molar-refractivity contribution in [1.29, 1.82) is 0 Å². The molecule has 0 fully saturated rings. The largest absolute Gasteiger partial charge is 0.388 e. The van der Waals surface area contributed by atoms with Gasteiger partial charge in [0.2, 0.25) is 5.91 Å². The molecule has 2 N–H and O–H groups in total. The average molecular weight is 322 g/mol. The minimum atomic E-state index is -0.846. The van der Waals surface area contributed by atoms with Gasteiger partial charge in [0.25, 0.3) is 0 Å². The lowest BCUT2D eigenvalue weighted by Gasteiger charge is -2.14. The molecule has 0 saturated heterocycles. The Bertz CT molecular complexity index is 830. The molecule has 0 saturated carbocycles. The van der Waals surface area contributed by atoms with Crippen LogP contribution in [0.15, 0.2) is 61.1 Å². The van der Waals surface area contributed by atoms with Gasteiger partial charge in [-0.3, -0.25) is 9.36 Å². The van der Waals surface area contributed by atoms with Crippen molar-refractivity contribution in [3.8, 4) is 5.82 Å². The van der Waals surface area contributed by atoms with Crippen LogP contribution in [0.5, 0.6) is 0 Å². The normalized spacial score (nSPS) is 11.9. The van der Waals surface area contributed by atoms with Gasteiger partial charge in [0.1, 0.15) is 5.82 Å². The summed E-state index contributed by atoms with van der Waals surface area (Å²) >= 11 is 0. The first-order valence-electron chi connectivity index (χ1n) is 7.63. The zero-order valence-corrected chi connectivity index (χ0v) is 13.3. The van der Waals surface area contributed by atoms with E-state index in [2.05, 4.69) is 15.3 Å². The number of benzene rings is 1. The zero-order chi connectivity index (χ0) is 16.9. The Kier molecular flexibility index (Phi) is 4.67. The maximum Gasteiger partial charge on any atom is 0.227 e. The summed E-state index contributed by atoms with van der Waals surface area (Å²) in [5.41, 5.74) is 1.29. The van der Waals surface area contributed by atoms with Crippen LogP contribution in [0, 0.1) is 6.92 Å². The minimum absolute atomic E-state index is 0.0265. The number of nitrogens with zero attached hydrogens (tertiary/aromatic N) is 3. The predicted octanol–water partition coefficient (Wildman–Crippen LogP) is 2.64. The molecule has 6 nitrogen and oxygen atoms in total. The third kappa shape index (κ3) is 3.49. The number of carbonyl (C=O) groups excluding carboxylic acids is 1. The van der Waals surface area contributed by atoms with E-state index in [0.29, 0.717) is 17.1 Å². The fourth-order valence-corrected chi connectivity index (χ4v) is 2.46. The standard InChI is InChI=1S/C18H18N4O2/c1-13-19-10-11-22(13)18-15(8-5-9-20-18)21-17(24)12-16(23)14-6-3-2-4-7-14/h2-11,16,23H,12H2,1H3,(H,21,24). The highest BCUT2D eigenvalue weighted by atomic mass is 16.3. The SMILES string of the molecule is Cc1nccn1-c1ncccc1NC(=O)CC(O)c1ccccc1. The Balaban J connectivity index is 1.75. The van der Waals surface area contributed by atoms with Crippen LogP contribution in [0.25, 0.3) is 5.82 Å². The molecule has 0 aliphatic heterocycles. The van der Waals surface area contributed by atoms with Crippen LogP contribution in [0.2, 0.25) is 0 Å². The zero-order valence-electron chi connectivity index (χ0n) is 13.3. The number of carbonyl (C=O) groups is 1. The highest BCUT2D eigenvalue weighted by molar-refractivity contribution is 5.92. The van der Waals surface area contributed by atoms with E-state index < -0.39 is 6.10 Å². The molecule has 0 aliphatic rings. The molecule has 0 spiro atoms. The van der Waals surface area contributed by atoms with Gasteiger partial charge in [-0.05, 0) is 24.6 Å². The van der Waals surface area contributed by atoms with Gasteiger partial charge in [0, 0.05) is 18.6 Å². The first-order valence-corrected chi connectivity index (χ1v) is 7.63. The van der Waals surface area contributed by atoms with Crippen molar-refractivity contribution in [3.05, 3.63) is 72.4 Å². The van der Waals surface area contributed by atoms with Crippen LogP contribution < -0.4 is 5.32 Å². The van der Waals surface area contributed by atoms with Crippen molar-refractivity contribution >= 4 is 11.6 Å². The summed E-state index contributed by atoms with van der Waals surface area (Å²) in [6, 6.07) is 12.6. The summed E-state index contributed by atoms with van der Waals surface area (Å²) in [6.07, 6.45) is 4.24. The summed E-state index contributed by atoms with van der Waals surface area (Å²) in [7, 11) is 0. The number of rotatable bonds is 5. The van der Waals surface area contributed by atoms with E-state index in [1.165, 1.54) is 0 Å². The van der Waals surface area contributed by atoms with Gasteiger partial charge in [-0.1, -0.05) is 30.3 Å². The Hall–Kier alpha value is -2.99. The van der Waals surface area contributed by atoms with Crippen molar-refractivity contribution < 1.29 is 9.90 Å². The molecule has 24 heavy (non-hydrogen) atoms. The molecule has 6 heteroatoms. The van der Waals surface area contributed by atoms with Crippen LogP contribution in [-0.2, 0) is 4.79 Å². The lowest BCUT2D eigenvalue weighted by atomic mass is 10.1. The summed E-state index contributed by atoms with van der Waals surface area (Å²) < 4.78 is 1.79. The number of hydrogen-bond acceptors (Lipinski definition) is 4. The number of aromatic nitrogens is 3. The quantitative estimate of drug-likeness (QED) is 0.757. The summed E-state index contributed by atoms with van der Waals surface area (Å²) in [6.45, 7) is 1.86. The minimum Gasteiger partial charge on any atom is -0.388 e. The maximum atomic E-state index is 12.3. The molecule has 1 aromatic carbocycles. The Labute approximate surface area is 139 Å². The second kappa shape index (κ2) is 7.06. The van der Waals surface area contributed by atoms with E-state index in [9.17, 15) is 9.90 Å². The second-order valence-corrected chi connectivity index (χ2v) is 5.40. The van der Waals surface area contributed by atoms with Crippen LogP contribution in [0.4, 0.5) is 5.69 Å². The number of aliphatic hydroxyl groups excluding tert-OH is 1. The molecule has 1 amide bonds. The number of aliphatic hydroxyl groups is 1. The van der Waals surface area contributed by atoms with E-state index in [1.807, 2.05) is 25.1 Å². The van der Waals surface area contributed by atoms with Crippen molar-refractivity contribution in [2.75, 3.05) is 5.32 Å². The lowest BCUT2D eigenvalue weighted by Crippen LogP contribution is -2.17. The average Bonchev–Trinajstić information content (AvgIpc) is 3.02. The van der Waals surface area contributed by atoms with Gasteiger partial charge in [0.05, 0.1) is 18.2 Å². The Morgan fingerprint density at radius 1 is 1.17 bits per heavy atom. The molecule has 0 bridgehead atoms. The summed E-state index contributed by atoms with van der Waals surface area (Å²) in [4.78, 5) is 20.8. The maximum absolute atomic E-state index is 12.3. The smallest absolute Gasteiger partial charge is 0.227 e. The number of amides is 1. The number of anilines is 1. The van der Waals surface area contributed by atoms with Crippen LogP contribution >= 0.6 is 0 Å². The third-order valence-corrected chi connectivity index (χ3v) is 3.68. The van der Waals surface area contributed by atoms with Crippen molar-refractivity contribution in [1.82, 2.24) is 14.5 Å². The topological polar surface area (TPSA) is 80.0 Å². The van der Waals surface area contributed by atoms with E-state index >= 15 is 0 Å². The van der Waals surface area contributed by atoms with E-state index in [0.717, 1.165) is 5.82 Å². The number of aryl methyl sites for hydroxylation is 1. The summed E-state index contributed by atoms with van der Waals surface area (Å²) in [5, 5.41) is 13.0. The second-order valence-electron chi connectivity index (χ2n) is 5.40. The first kappa shape index (κ1) is 15.9. The van der Waals surface area contributed by atoms with Crippen molar-refractivity contribution in [3.63, 3.8) is 0 Å². The molecule has 122 valence electrons. The monoisotopic (exact) mass is 322 g/mol. The van der Waals surface area contributed by atoms with Crippen LogP contribution in [-0.4, -0.2) is 25.5 Å². The molecule has 1 atom stereocenters. The third-order valence-electron chi connectivity index (χ3n) is 3.68. The molecular formula is C18H18N4O2. The fraction of sp³-hybridized carbons (Fsp3) is 0.167. The molecule has 2 heterocycles. The van der Waals surface area contributed by atoms with E-state index in [4.69, 9.17) is 0 Å². The molecule has 0 aliphatic carbocycles. The van der Waals surface area contributed by atoms with Crippen molar-refractivity contribution in [2.45, 2.75) is 19.4 Å².